The van der Waals surface area contributed by atoms with Crippen molar-refractivity contribution in [2.24, 2.45) is 0 Å². The molecule has 160 valence electrons. The topological polar surface area (TPSA) is 40.5 Å². The summed E-state index contributed by atoms with van der Waals surface area (Å²) in [4.78, 5) is 13.4. The zero-order valence-corrected chi connectivity index (χ0v) is 18.6. The van der Waals surface area contributed by atoms with Crippen LogP contribution in [0.3, 0.4) is 0 Å². The zero-order valence-electron chi connectivity index (χ0n) is 17.9. The molecule has 0 spiro atoms. The fourth-order valence-corrected chi connectivity index (χ4v) is 5.55. The molecule has 2 aliphatic carbocycles. The Labute approximate surface area is 185 Å². The Morgan fingerprint density at radius 3 is 1.87 bits per heavy atom. The summed E-state index contributed by atoms with van der Waals surface area (Å²) < 4.78 is 0. The van der Waals surface area contributed by atoms with E-state index in [9.17, 15) is 9.90 Å². The Morgan fingerprint density at radius 1 is 0.867 bits per heavy atom. The number of benzene rings is 2. The highest BCUT2D eigenvalue weighted by Gasteiger charge is 2.22. The Kier molecular flexibility index (Phi) is 6.67. The molecule has 1 N–H and O–H groups in total. The van der Waals surface area contributed by atoms with Gasteiger partial charge in [-0.1, -0.05) is 56.2 Å². The first-order chi connectivity index (χ1) is 14.5. The minimum absolute atomic E-state index is 0.219. The summed E-state index contributed by atoms with van der Waals surface area (Å²) in [6, 6.07) is 12.2. The number of halogens is 1. The lowest BCUT2D eigenvalue weighted by atomic mass is 9.79. The van der Waals surface area contributed by atoms with Crippen molar-refractivity contribution in [2.75, 3.05) is 11.9 Å². The van der Waals surface area contributed by atoms with E-state index >= 15 is 0 Å². The first kappa shape index (κ1) is 21.2. The van der Waals surface area contributed by atoms with E-state index in [1.54, 1.807) is 12.1 Å². The van der Waals surface area contributed by atoms with Crippen molar-refractivity contribution in [1.29, 1.82) is 0 Å². The molecule has 4 heteroatoms. The largest absolute Gasteiger partial charge is 0.478 e. The summed E-state index contributed by atoms with van der Waals surface area (Å²) in [5, 5.41) is 9.72. The average molecular weight is 426 g/mol. The van der Waals surface area contributed by atoms with E-state index in [2.05, 4.69) is 23.1 Å². The Hall–Kier alpha value is -2.00. The van der Waals surface area contributed by atoms with Gasteiger partial charge in [-0.2, -0.15) is 0 Å². The highest BCUT2D eigenvalue weighted by Crippen LogP contribution is 2.41. The quantitative estimate of drug-likeness (QED) is 0.529. The molecule has 0 amide bonds. The van der Waals surface area contributed by atoms with Gasteiger partial charge in [0, 0.05) is 12.7 Å². The fourth-order valence-electron chi connectivity index (χ4n) is 5.25. The molecule has 0 saturated heterocycles. The number of anilines is 2. The van der Waals surface area contributed by atoms with Gasteiger partial charge in [0.2, 0.25) is 0 Å². The van der Waals surface area contributed by atoms with Gasteiger partial charge in [-0.15, -0.1) is 0 Å². The van der Waals surface area contributed by atoms with Crippen molar-refractivity contribution in [3.05, 3.63) is 58.1 Å². The molecule has 2 aromatic carbocycles. The normalized spacial score (nSPS) is 18.3. The van der Waals surface area contributed by atoms with E-state index in [0.29, 0.717) is 16.9 Å². The number of carboxylic acids is 1. The van der Waals surface area contributed by atoms with Gasteiger partial charge in [0.25, 0.3) is 0 Å². The summed E-state index contributed by atoms with van der Waals surface area (Å²) in [6.07, 6.45) is 13.2. The summed E-state index contributed by atoms with van der Waals surface area (Å²) in [5.74, 6) is 0.351. The molecule has 30 heavy (non-hydrogen) atoms. The van der Waals surface area contributed by atoms with E-state index in [1.165, 1.54) is 75.3 Å². The molecule has 4 rings (SSSR count). The molecular formula is C26H32ClNO2. The van der Waals surface area contributed by atoms with Gasteiger partial charge in [0.1, 0.15) is 0 Å². The average Bonchev–Trinajstić information content (AvgIpc) is 2.79. The number of rotatable bonds is 5. The number of hydrogen-bond acceptors (Lipinski definition) is 2. The fraction of sp³-hybridized carbons (Fsp3) is 0.500. The Bertz CT molecular complexity index is 862. The number of nitrogens with zero attached hydrogens (tertiary/aromatic N) is 1. The van der Waals surface area contributed by atoms with Gasteiger partial charge in [0.05, 0.1) is 16.3 Å². The van der Waals surface area contributed by atoms with Crippen LogP contribution < -0.4 is 4.90 Å². The number of aromatic carboxylic acids is 1. The molecule has 3 nitrogen and oxygen atoms in total. The first-order valence-corrected chi connectivity index (χ1v) is 11.8. The van der Waals surface area contributed by atoms with E-state index in [0.717, 1.165) is 11.4 Å². The maximum Gasteiger partial charge on any atom is 0.335 e. The lowest BCUT2D eigenvalue weighted by molar-refractivity contribution is 0.0697. The van der Waals surface area contributed by atoms with Crippen LogP contribution in [0.1, 0.15) is 97.5 Å². The molecule has 2 aliphatic rings. The zero-order chi connectivity index (χ0) is 21.1. The van der Waals surface area contributed by atoms with Crippen molar-refractivity contribution < 1.29 is 9.90 Å². The molecule has 0 radical (unpaired) electrons. The van der Waals surface area contributed by atoms with Gasteiger partial charge in [-0.3, -0.25) is 0 Å². The summed E-state index contributed by atoms with van der Waals surface area (Å²) in [5.41, 5.74) is 5.16. The predicted octanol–water partition coefficient (Wildman–Crippen LogP) is 7.90. The van der Waals surface area contributed by atoms with E-state index in [-0.39, 0.29) is 5.56 Å². The predicted molar refractivity (Wildman–Crippen MR) is 125 cm³/mol. The minimum atomic E-state index is -0.954. The van der Waals surface area contributed by atoms with E-state index < -0.39 is 5.97 Å². The van der Waals surface area contributed by atoms with Crippen LogP contribution in [0.2, 0.25) is 5.02 Å². The summed E-state index contributed by atoms with van der Waals surface area (Å²) in [6.45, 7) is 0. The highest BCUT2D eigenvalue weighted by molar-refractivity contribution is 6.33. The van der Waals surface area contributed by atoms with Crippen LogP contribution >= 0.6 is 11.6 Å². The van der Waals surface area contributed by atoms with Crippen molar-refractivity contribution >= 4 is 28.9 Å². The molecule has 2 saturated carbocycles. The van der Waals surface area contributed by atoms with Crippen LogP contribution in [0, 0.1) is 0 Å². The minimum Gasteiger partial charge on any atom is -0.478 e. The maximum atomic E-state index is 11.3. The van der Waals surface area contributed by atoms with Crippen LogP contribution in [-0.4, -0.2) is 18.1 Å². The van der Waals surface area contributed by atoms with Crippen molar-refractivity contribution in [3.8, 4) is 0 Å². The lowest BCUT2D eigenvalue weighted by Crippen LogP contribution is -2.14. The van der Waals surface area contributed by atoms with Crippen LogP contribution in [-0.2, 0) is 0 Å². The lowest BCUT2D eigenvalue weighted by Gasteiger charge is -2.29. The Morgan fingerprint density at radius 2 is 1.40 bits per heavy atom. The summed E-state index contributed by atoms with van der Waals surface area (Å²) in [7, 11) is 2.03. The van der Waals surface area contributed by atoms with E-state index in [1.807, 2.05) is 13.1 Å². The molecule has 0 atom stereocenters. The van der Waals surface area contributed by atoms with Gasteiger partial charge in [-0.25, -0.2) is 4.79 Å². The third-order valence-corrected chi connectivity index (χ3v) is 7.36. The van der Waals surface area contributed by atoms with Gasteiger partial charge in [-0.05, 0) is 79.0 Å². The van der Waals surface area contributed by atoms with Crippen LogP contribution in [0.25, 0.3) is 0 Å². The second-order valence-electron chi connectivity index (χ2n) is 9.06. The van der Waals surface area contributed by atoms with Crippen LogP contribution in [0.4, 0.5) is 11.4 Å². The smallest absolute Gasteiger partial charge is 0.335 e. The van der Waals surface area contributed by atoms with Gasteiger partial charge < -0.3 is 10.0 Å². The van der Waals surface area contributed by atoms with Crippen LogP contribution in [0.5, 0.6) is 0 Å². The second-order valence-corrected chi connectivity index (χ2v) is 9.47. The molecular weight excluding hydrogens is 394 g/mol. The third kappa shape index (κ3) is 4.67. The van der Waals surface area contributed by atoms with E-state index in [4.69, 9.17) is 11.6 Å². The van der Waals surface area contributed by atoms with Gasteiger partial charge in [0.15, 0.2) is 0 Å². The molecule has 0 bridgehead atoms. The SMILES string of the molecule is CN(c1cc(C2CCCCC2)cc(C2CCCCC2)c1)c1ccc(C(=O)O)cc1Cl. The monoisotopic (exact) mass is 425 g/mol. The molecule has 0 heterocycles. The first-order valence-electron chi connectivity index (χ1n) is 11.4. The van der Waals surface area contributed by atoms with Crippen molar-refractivity contribution in [2.45, 2.75) is 76.0 Å². The maximum absolute atomic E-state index is 11.3. The summed E-state index contributed by atoms with van der Waals surface area (Å²) >= 11 is 6.49. The van der Waals surface area contributed by atoms with Crippen molar-refractivity contribution in [3.63, 3.8) is 0 Å². The molecule has 0 aromatic heterocycles. The number of carboxylic acid groups (broad SMARTS) is 1. The molecule has 2 aromatic rings. The molecule has 2 fully saturated rings. The Balaban J connectivity index is 1.71. The number of carbonyl (C=O) groups is 1. The third-order valence-electron chi connectivity index (χ3n) is 7.06. The second kappa shape index (κ2) is 9.43. The molecule has 0 aliphatic heterocycles. The molecule has 0 unspecified atom stereocenters. The van der Waals surface area contributed by atoms with Gasteiger partial charge >= 0.3 is 5.97 Å². The standard InChI is InChI=1S/C26H32ClNO2/c1-28(25-13-12-20(26(29)30)17-24(25)27)23-15-21(18-8-4-2-5-9-18)14-22(16-23)19-10-6-3-7-11-19/h12-19H,2-11H2,1H3,(H,29,30). The highest BCUT2D eigenvalue weighted by atomic mass is 35.5. The van der Waals surface area contributed by atoms with Crippen LogP contribution in [0.15, 0.2) is 36.4 Å². The van der Waals surface area contributed by atoms with Crippen molar-refractivity contribution in [1.82, 2.24) is 0 Å². The number of hydrogen-bond donors (Lipinski definition) is 1.